The maximum absolute atomic E-state index is 10.6. The molecule has 6 nitrogen and oxygen atoms in total. The molecule has 0 radical (unpaired) electrons. The fourth-order valence-corrected chi connectivity index (χ4v) is 1.28. The van der Waals surface area contributed by atoms with Crippen molar-refractivity contribution in [3.05, 3.63) is 33.9 Å². The summed E-state index contributed by atoms with van der Waals surface area (Å²) < 4.78 is 0. The van der Waals surface area contributed by atoms with E-state index in [4.69, 9.17) is 5.11 Å². The lowest BCUT2D eigenvalue weighted by Gasteiger charge is -2.05. The molecule has 0 fully saturated rings. The Labute approximate surface area is 92.0 Å². The van der Waals surface area contributed by atoms with Gasteiger partial charge in [0.1, 0.15) is 0 Å². The topological polar surface area (TPSA) is 92.5 Å². The van der Waals surface area contributed by atoms with Crippen molar-refractivity contribution in [1.29, 1.82) is 0 Å². The van der Waals surface area contributed by atoms with E-state index in [0.717, 1.165) is 5.56 Å². The molecule has 2 N–H and O–H groups in total. The Morgan fingerprint density at radius 2 is 2.19 bits per heavy atom. The van der Waals surface area contributed by atoms with Crippen LogP contribution in [0.25, 0.3) is 0 Å². The molecule has 0 saturated heterocycles. The number of carbonyl (C=O) groups is 1. The highest BCUT2D eigenvalue weighted by molar-refractivity contribution is 5.67. The van der Waals surface area contributed by atoms with Crippen molar-refractivity contribution in [3.8, 4) is 0 Å². The molecule has 16 heavy (non-hydrogen) atoms. The van der Waals surface area contributed by atoms with Crippen molar-refractivity contribution in [2.24, 2.45) is 0 Å². The number of rotatable bonds is 5. The molecule has 0 amide bonds. The van der Waals surface area contributed by atoms with Crippen LogP contribution in [0.5, 0.6) is 0 Å². The number of nitro benzene ring substituents is 1. The number of aliphatic carboxylic acids is 1. The molecule has 86 valence electrons. The average molecular weight is 224 g/mol. The van der Waals surface area contributed by atoms with Crippen LogP contribution >= 0.6 is 0 Å². The van der Waals surface area contributed by atoms with Gasteiger partial charge in [-0.25, -0.2) is 0 Å². The van der Waals surface area contributed by atoms with E-state index < -0.39 is 10.9 Å². The quantitative estimate of drug-likeness (QED) is 0.587. The summed E-state index contributed by atoms with van der Waals surface area (Å²) in [5, 5.41) is 21.8. The maximum Gasteiger partial charge on any atom is 0.305 e. The Balaban J connectivity index is 2.72. The zero-order chi connectivity index (χ0) is 12.1. The number of anilines is 1. The number of carboxylic acid groups (broad SMARTS) is 1. The fraction of sp³-hybridized carbons (Fsp3) is 0.300. The van der Waals surface area contributed by atoms with Gasteiger partial charge >= 0.3 is 5.97 Å². The number of non-ortho nitro benzene ring substituents is 1. The summed E-state index contributed by atoms with van der Waals surface area (Å²) in [6.07, 6.45) is -0.0261. The van der Waals surface area contributed by atoms with E-state index in [-0.39, 0.29) is 18.7 Å². The Hall–Kier alpha value is -2.11. The molecule has 0 unspecified atom stereocenters. The van der Waals surface area contributed by atoms with E-state index in [0.29, 0.717) is 5.69 Å². The monoisotopic (exact) mass is 224 g/mol. The van der Waals surface area contributed by atoms with Crippen molar-refractivity contribution >= 4 is 17.3 Å². The number of carboxylic acids is 1. The van der Waals surface area contributed by atoms with Crippen molar-refractivity contribution < 1.29 is 14.8 Å². The van der Waals surface area contributed by atoms with Crippen LogP contribution in [0.3, 0.4) is 0 Å². The molecule has 0 atom stereocenters. The molecule has 0 bridgehead atoms. The van der Waals surface area contributed by atoms with E-state index in [9.17, 15) is 14.9 Å². The molecule has 0 saturated carbocycles. The van der Waals surface area contributed by atoms with E-state index in [1.165, 1.54) is 12.1 Å². The zero-order valence-corrected chi connectivity index (χ0v) is 8.77. The first kappa shape index (κ1) is 12.0. The van der Waals surface area contributed by atoms with Gasteiger partial charge in [0.15, 0.2) is 0 Å². The van der Waals surface area contributed by atoms with Gasteiger partial charge in [0.25, 0.3) is 5.69 Å². The number of benzene rings is 1. The second-order valence-electron chi connectivity index (χ2n) is 3.38. The van der Waals surface area contributed by atoms with E-state index in [2.05, 4.69) is 5.32 Å². The van der Waals surface area contributed by atoms with Gasteiger partial charge in [-0.05, 0) is 18.6 Å². The molecular weight excluding hydrogens is 212 g/mol. The molecular formula is C10H12N2O4. The minimum atomic E-state index is -0.908. The summed E-state index contributed by atoms with van der Waals surface area (Å²) in [5.74, 6) is -0.908. The van der Waals surface area contributed by atoms with Crippen LogP contribution < -0.4 is 5.32 Å². The lowest BCUT2D eigenvalue weighted by Crippen LogP contribution is -2.07. The molecule has 0 aliphatic heterocycles. The van der Waals surface area contributed by atoms with Crippen LogP contribution in [-0.2, 0) is 4.79 Å². The van der Waals surface area contributed by atoms with Crippen LogP contribution in [0.1, 0.15) is 12.0 Å². The molecule has 0 aromatic heterocycles. The lowest BCUT2D eigenvalue weighted by molar-refractivity contribution is -0.384. The van der Waals surface area contributed by atoms with Gasteiger partial charge in [-0.1, -0.05) is 0 Å². The van der Waals surface area contributed by atoms with Gasteiger partial charge in [-0.15, -0.1) is 0 Å². The summed E-state index contributed by atoms with van der Waals surface area (Å²) in [4.78, 5) is 20.4. The molecule has 0 heterocycles. The third-order valence-corrected chi connectivity index (χ3v) is 1.94. The highest BCUT2D eigenvalue weighted by Crippen LogP contribution is 2.20. The molecule has 1 aromatic rings. The summed E-state index contributed by atoms with van der Waals surface area (Å²) in [6.45, 7) is 1.99. The van der Waals surface area contributed by atoms with Gasteiger partial charge in [0.05, 0.1) is 11.3 Å². The lowest BCUT2D eigenvalue weighted by atomic mass is 10.2. The number of hydrogen-bond acceptors (Lipinski definition) is 4. The Kier molecular flexibility index (Phi) is 3.82. The number of nitro groups is 1. The third kappa shape index (κ3) is 3.56. The van der Waals surface area contributed by atoms with E-state index in [1.807, 2.05) is 0 Å². The van der Waals surface area contributed by atoms with Crippen molar-refractivity contribution in [1.82, 2.24) is 0 Å². The first-order valence-corrected chi connectivity index (χ1v) is 4.71. The average Bonchev–Trinajstić information content (AvgIpc) is 2.16. The minimum Gasteiger partial charge on any atom is -0.481 e. The Bertz CT molecular complexity index is 417. The van der Waals surface area contributed by atoms with Crippen LogP contribution in [0.2, 0.25) is 0 Å². The first-order valence-electron chi connectivity index (χ1n) is 4.71. The molecule has 1 rings (SSSR count). The molecule has 6 heteroatoms. The van der Waals surface area contributed by atoms with E-state index >= 15 is 0 Å². The largest absolute Gasteiger partial charge is 0.481 e. The standard InChI is InChI=1S/C10H12N2O4/c1-7-4-8(11-3-2-10(13)14)6-9(5-7)12(15)16/h4-6,11H,2-3H2,1H3,(H,13,14). The smallest absolute Gasteiger partial charge is 0.305 e. The Morgan fingerprint density at radius 1 is 1.50 bits per heavy atom. The highest BCUT2D eigenvalue weighted by Gasteiger charge is 2.07. The normalized spacial score (nSPS) is 9.81. The molecule has 0 spiro atoms. The van der Waals surface area contributed by atoms with Gasteiger partial charge in [0, 0.05) is 24.4 Å². The summed E-state index contributed by atoms with van der Waals surface area (Å²) in [7, 11) is 0. The van der Waals surface area contributed by atoms with Crippen molar-refractivity contribution in [2.75, 3.05) is 11.9 Å². The van der Waals surface area contributed by atoms with Crippen LogP contribution in [0.4, 0.5) is 11.4 Å². The molecule has 0 aliphatic rings. The summed E-state index contributed by atoms with van der Waals surface area (Å²) in [6, 6.07) is 4.58. The van der Waals surface area contributed by atoms with Gasteiger partial charge in [-0.2, -0.15) is 0 Å². The fourth-order valence-electron chi connectivity index (χ4n) is 1.28. The third-order valence-electron chi connectivity index (χ3n) is 1.94. The molecule has 1 aromatic carbocycles. The second kappa shape index (κ2) is 5.11. The number of nitrogens with one attached hydrogen (secondary N) is 1. The van der Waals surface area contributed by atoms with Crippen LogP contribution in [0, 0.1) is 17.0 Å². The van der Waals surface area contributed by atoms with Gasteiger partial charge < -0.3 is 10.4 Å². The SMILES string of the molecule is Cc1cc(NCCC(=O)O)cc([N+](=O)[O-])c1. The second-order valence-corrected chi connectivity index (χ2v) is 3.38. The van der Waals surface area contributed by atoms with Gasteiger partial charge in [-0.3, -0.25) is 14.9 Å². The van der Waals surface area contributed by atoms with Crippen molar-refractivity contribution in [2.45, 2.75) is 13.3 Å². The number of hydrogen-bond donors (Lipinski definition) is 2. The number of nitrogens with zero attached hydrogens (tertiary/aromatic N) is 1. The minimum absolute atomic E-state index is 0.00201. The summed E-state index contributed by atoms with van der Waals surface area (Å²) >= 11 is 0. The Morgan fingerprint density at radius 3 is 2.75 bits per heavy atom. The van der Waals surface area contributed by atoms with Crippen LogP contribution in [0.15, 0.2) is 18.2 Å². The van der Waals surface area contributed by atoms with E-state index in [1.54, 1.807) is 13.0 Å². The van der Waals surface area contributed by atoms with Crippen molar-refractivity contribution in [3.63, 3.8) is 0 Å². The van der Waals surface area contributed by atoms with Gasteiger partial charge in [0.2, 0.25) is 0 Å². The zero-order valence-electron chi connectivity index (χ0n) is 8.77. The highest BCUT2D eigenvalue weighted by atomic mass is 16.6. The number of aryl methyl sites for hydroxylation is 1. The predicted molar refractivity (Wildman–Crippen MR) is 58.6 cm³/mol. The van der Waals surface area contributed by atoms with Crippen LogP contribution in [-0.4, -0.2) is 22.5 Å². The predicted octanol–water partition coefficient (Wildman–Crippen LogP) is 1.79. The molecule has 0 aliphatic carbocycles. The summed E-state index contributed by atoms with van der Waals surface area (Å²) in [5.41, 5.74) is 1.32. The first-order chi connectivity index (χ1) is 7.49. The maximum atomic E-state index is 10.6.